The molecule has 29 heavy (non-hydrogen) atoms. The summed E-state index contributed by atoms with van der Waals surface area (Å²) in [7, 11) is -3.46. The molecule has 0 saturated heterocycles. The molecule has 0 bridgehead atoms. The fourth-order valence-corrected chi connectivity index (χ4v) is 4.35. The van der Waals surface area contributed by atoms with E-state index in [4.69, 9.17) is 20.6 Å². The first kappa shape index (κ1) is 23.4. The van der Waals surface area contributed by atoms with E-state index in [2.05, 4.69) is 10.6 Å². The number of benzene rings is 2. The average molecular weight is 439 g/mol. The lowest BCUT2D eigenvalue weighted by atomic mass is 10.1. The summed E-state index contributed by atoms with van der Waals surface area (Å²) in [5, 5.41) is 6.87. The number of carbonyl (C=O) groups excluding carboxylic acids is 1. The fourth-order valence-electron chi connectivity index (χ4n) is 2.75. The zero-order chi connectivity index (χ0) is 21.4. The highest BCUT2D eigenvalue weighted by molar-refractivity contribution is 7.54. The van der Waals surface area contributed by atoms with Crippen LogP contribution in [0.2, 0.25) is 5.02 Å². The summed E-state index contributed by atoms with van der Waals surface area (Å²) in [6.45, 7) is 8.40. The van der Waals surface area contributed by atoms with Gasteiger partial charge in [0.15, 0.2) is 0 Å². The number of amides is 1. The largest absolute Gasteiger partial charge is 0.379 e. The first-order valence-electron chi connectivity index (χ1n) is 9.54. The molecule has 6 nitrogen and oxygen atoms in total. The minimum Gasteiger partial charge on any atom is -0.379 e. The Morgan fingerprint density at radius 2 is 1.55 bits per heavy atom. The summed E-state index contributed by atoms with van der Waals surface area (Å²) < 4.78 is 23.1. The lowest BCUT2D eigenvalue weighted by Crippen LogP contribution is -2.19. The Morgan fingerprint density at radius 3 is 2.10 bits per heavy atom. The first-order chi connectivity index (χ1) is 13.8. The van der Waals surface area contributed by atoms with Gasteiger partial charge in [-0.15, -0.1) is 0 Å². The topological polar surface area (TPSA) is 76.7 Å². The van der Waals surface area contributed by atoms with E-state index in [9.17, 15) is 9.36 Å². The van der Waals surface area contributed by atoms with Crippen LogP contribution in [-0.2, 0) is 25.0 Å². The van der Waals surface area contributed by atoms with Crippen LogP contribution in [0.5, 0.6) is 0 Å². The summed E-state index contributed by atoms with van der Waals surface area (Å²) in [5.41, 5.74) is 4.58. The third kappa shape index (κ3) is 7.16. The SMILES string of the molecule is CCOP(=O)(CC(=O)Nc1cc(C)c(C)cc1NCc1ccc(Cl)cc1)OCC. The highest BCUT2D eigenvalue weighted by Gasteiger charge is 2.28. The zero-order valence-electron chi connectivity index (χ0n) is 17.3. The monoisotopic (exact) mass is 438 g/mol. The van der Waals surface area contributed by atoms with Crippen LogP contribution in [0.25, 0.3) is 0 Å². The van der Waals surface area contributed by atoms with Gasteiger partial charge in [0.2, 0.25) is 5.91 Å². The molecule has 0 spiro atoms. The van der Waals surface area contributed by atoms with E-state index < -0.39 is 13.5 Å². The third-order valence-electron chi connectivity index (χ3n) is 4.29. The fraction of sp³-hybridized carbons (Fsp3) is 0.381. The lowest BCUT2D eigenvalue weighted by Gasteiger charge is -2.19. The number of anilines is 2. The highest BCUT2D eigenvalue weighted by Crippen LogP contribution is 2.47. The van der Waals surface area contributed by atoms with Crippen molar-refractivity contribution in [1.82, 2.24) is 0 Å². The van der Waals surface area contributed by atoms with Crippen molar-refractivity contribution in [3.05, 3.63) is 58.1 Å². The Hall–Kier alpha value is -1.85. The molecular weight excluding hydrogens is 411 g/mol. The van der Waals surface area contributed by atoms with E-state index in [1.165, 1.54) is 0 Å². The van der Waals surface area contributed by atoms with Gasteiger partial charge in [-0.2, -0.15) is 0 Å². The van der Waals surface area contributed by atoms with Gasteiger partial charge in [0.25, 0.3) is 0 Å². The highest BCUT2D eigenvalue weighted by atomic mass is 35.5. The van der Waals surface area contributed by atoms with Crippen molar-refractivity contribution in [3.63, 3.8) is 0 Å². The summed E-state index contributed by atoms with van der Waals surface area (Å²) in [5.74, 6) is -0.423. The van der Waals surface area contributed by atoms with E-state index in [1.807, 2.05) is 50.2 Å². The molecule has 1 amide bonds. The van der Waals surface area contributed by atoms with Crippen molar-refractivity contribution >= 4 is 36.5 Å². The Balaban J connectivity index is 2.16. The number of carbonyl (C=O) groups is 1. The van der Waals surface area contributed by atoms with Gasteiger partial charge in [-0.1, -0.05) is 23.7 Å². The molecule has 158 valence electrons. The zero-order valence-corrected chi connectivity index (χ0v) is 18.9. The minimum atomic E-state index is -3.46. The van der Waals surface area contributed by atoms with Crippen LogP contribution in [0, 0.1) is 13.8 Å². The second-order valence-electron chi connectivity index (χ2n) is 6.61. The van der Waals surface area contributed by atoms with Crippen molar-refractivity contribution < 1.29 is 18.4 Å². The number of aryl methyl sites for hydroxylation is 2. The van der Waals surface area contributed by atoms with Gasteiger partial charge in [0.05, 0.1) is 24.6 Å². The van der Waals surface area contributed by atoms with Crippen molar-refractivity contribution in [2.24, 2.45) is 0 Å². The van der Waals surface area contributed by atoms with Gasteiger partial charge in [-0.3, -0.25) is 9.36 Å². The molecule has 0 radical (unpaired) electrons. The summed E-state index contributed by atoms with van der Waals surface area (Å²) >= 11 is 5.94. The van der Waals surface area contributed by atoms with Crippen LogP contribution in [0.3, 0.4) is 0 Å². The van der Waals surface area contributed by atoms with E-state index in [1.54, 1.807) is 13.8 Å². The van der Waals surface area contributed by atoms with Gasteiger partial charge < -0.3 is 19.7 Å². The normalized spacial score (nSPS) is 11.3. The smallest absolute Gasteiger partial charge is 0.340 e. The molecular formula is C21H28ClN2O4P. The number of nitrogens with one attached hydrogen (secondary N) is 2. The Kier molecular flexibility index (Phi) is 8.72. The molecule has 0 aliphatic carbocycles. The second kappa shape index (κ2) is 10.8. The quantitative estimate of drug-likeness (QED) is 0.460. The van der Waals surface area contributed by atoms with E-state index in [0.717, 1.165) is 22.4 Å². The average Bonchev–Trinajstić information content (AvgIpc) is 2.64. The molecule has 0 fully saturated rings. The molecule has 0 aliphatic heterocycles. The molecule has 2 aromatic carbocycles. The molecule has 2 N–H and O–H groups in total. The predicted molar refractivity (Wildman–Crippen MR) is 119 cm³/mol. The van der Waals surface area contributed by atoms with Crippen LogP contribution in [0.15, 0.2) is 36.4 Å². The maximum absolute atomic E-state index is 12.6. The van der Waals surface area contributed by atoms with Crippen LogP contribution < -0.4 is 10.6 Å². The Labute approximate surface area is 177 Å². The molecule has 0 aliphatic rings. The molecule has 8 heteroatoms. The van der Waals surface area contributed by atoms with Crippen LogP contribution >= 0.6 is 19.2 Å². The van der Waals surface area contributed by atoms with Gasteiger partial charge in [-0.05, 0) is 68.7 Å². The van der Waals surface area contributed by atoms with Crippen molar-refractivity contribution in [1.29, 1.82) is 0 Å². The standard InChI is InChI=1S/C21H28ClN2O4P/c1-5-27-29(26,28-6-2)14-21(25)24-20-12-16(4)15(3)11-19(20)23-13-17-7-9-18(22)10-8-17/h7-12,23H,5-6,13-14H2,1-4H3,(H,24,25). The molecule has 0 saturated carbocycles. The third-order valence-corrected chi connectivity index (χ3v) is 6.52. The van der Waals surface area contributed by atoms with E-state index in [0.29, 0.717) is 17.3 Å². The maximum atomic E-state index is 12.6. The Morgan fingerprint density at radius 1 is 1.00 bits per heavy atom. The summed E-state index contributed by atoms with van der Waals surface area (Å²) in [6.07, 6.45) is -0.335. The van der Waals surface area contributed by atoms with Gasteiger partial charge in [0, 0.05) is 11.6 Å². The Bertz CT molecular complexity index is 877. The number of rotatable bonds is 10. The molecule has 2 aromatic rings. The molecule has 0 aromatic heterocycles. The van der Waals surface area contributed by atoms with Crippen molar-refractivity contribution in [2.75, 3.05) is 30.0 Å². The molecule has 0 heterocycles. The van der Waals surface area contributed by atoms with Crippen LogP contribution in [-0.4, -0.2) is 25.3 Å². The van der Waals surface area contributed by atoms with E-state index >= 15 is 0 Å². The van der Waals surface area contributed by atoms with E-state index in [-0.39, 0.29) is 19.4 Å². The summed E-state index contributed by atoms with van der Waals surface area (Å²) in [4.78, 5) is 12.6. The number of hydrogen-bond donors (Lipinski definition) is 2. The van der Waals surface area contributed by atoms with Gasteiger partial charge >= 0.3 is 7.60 Å². The van der Waals surface area contributed by atoms with Crippen molar-refractivity contribution in [2.45, 2.75) is 34.2 Å². The predicted octanol–water partition coefficient (Wildman–Crippen LogP) is 5.77. The molecule has 0 unspecified atom stereocenters. The number of halogens is 1. The van der Waals surface area contributed by atoms with Gasteiger partial charge in [-0.25, -0.2) is 0 Å². The molecule has 0 atom stereocenters. The van der Waals surface area contributed by atoms with Crippen LogP contribution in [0.1, 0.15) is 30.5 Å². The maximum Gasteiger partial charge on any atom is 0.340 e. The number of hydrogen-bond acceptors (Lipinski definition) is 5. The molecule has 2 rings (SSSR count). The summed E-state index contributed by atoms with van der Waals surface area (Å²) in [6, 6.07) is 11.4. The van der Waals surface area contributed by atoms with Crippen LogP contribution in [0.4, 0.5) is 11.4 Å². The first-order valence-corrected chi connectivity index (χ1v) is 11.6. The minimum absolute atomic E-state index is 0.210. The van der Waals surface area contributed by atoms with Gasteiger partial charge in [0.1, 0.15) is 6.16 Å². The lowest BCUT2D eigenvalue weighted by molar-refractivity contribution is -0.114. The second-order valence-corrected chi connectivity index (χ2v) is 9.11. The van der Waals surface area contributed by atoms with Crippen molar-refractivity contribution in [3.8, 4) is 0 Å².